The number of ether oxygens (including phenoxy) is 1. The zero-order chi connectivity index (χ0) is 12.8. The summed E-state index contributed by atoms with van der Waals surface area (Å²) in [5.74, 6) is -0.285. The van der Waals surface area contributed by atoms with Gasteiger partial charge in [0.15, 0.2) is 0 Å². The minimum absolute atomic E-state index is 0.114. The van der Waals surface area contributed by atoms with Crippen LogP contribution < -0.4 is 0 Å². The summed E-state index contributed by atoms with van der Waals surface area (Å²) in [5.41, 5.74) is 0. The normalized spacial score (nSPS) is 10.5. The van der Waals surface area contributed by atoms with E-state index in [1.165, 1.54) is 44.9 Å². The van der Waals surface area contributed by atoms with Crippen molar-refractivity contribution in [2.24, 2.45) is 0 Å². The summed E-state index contributed by atoms with van der Waals surface area (Å²) in [6.07, 6.45) is 11.5. The van der Waals surface area contributed by atoms with Gasteiger partial charge in [-0.1, -0.05) is 58.3 Å². The molecule has 0 radical (unpaired) electrons. The van der Waals surface area contributed by atoms with Crippen LogP contribution in [0.25, 0.3) is 0 Å². The molecule has 0 fully saturated rings. The third kappa shape index (κ3) is 13.4. The summed E-state index contributed by atoms with van der Waals surface area (Å²) < 4.78 is 4.94. The zero-order valence-electron chi connectivity index (χ0n) is 11.2. The first-order valence-corrected chi connectivity index (χ1v) is 7.07. The molecule has 3 heteroatoms. The van der Waals surface area contributed by atoms with Gasteiger partial charge in [-0.2, -0.15) is 0 Å². The van der Waals surface area contributed by atoms with Gasteiger partial charge in [0.05, 0.1) is 19.6 Å². The molecule has 0 bridgehead atoms. The third-order valence-corrected chi connectivity index (χ3v) is 2.83. The van der Waals surface area contributed by atoms with Crippen LogP contribution in [0.1, 0.15) is 71.1 Å². The number of hydrogen-bond acceptors (Lipinski definition) is 3. The molecular formula is C14H28O3. The molecule has 0 atom stereocenters. The van der Waals surface area contributed by atoms with Crippen molar-refractivity contribution in [3.63, 3.8) is 0 Å². The van der Waals surface area contributed by atoms with Crippen LogP contribution in [0.5, 0.6) is 0 Å². The molecule has 102 valence electrons. The topological polar surface area (TPSA) is 46.5 Å². The zero-order valence-corrected chi connectivity index (χ0v) is 11.2. The summed E-state index contributed by atoms with van der Waals surface area (Å²) >= 11 is 0. The van der Waals surface area contributed by atoms with Gasteiger partial charge < -0.3 is 9.84 Å². The van der Waals surface area contributed by atoms with Gasteiger partial charge >= 0.3 is 5.97 Å². The van der Waals surface area contributed by atoms with Crippen LogP contribution in [0.4, 0.5) is 0 Å². The summed E-state index contributed by atoms with van der Waals surface area (Å²) in [7, 11) is 0. The molecular weight excluding hydrogens is 216 g/mol. The lowest BCUT2D eigenvalue weighted by atomic mass is 10.1. The Labute approximate surface area is 106 Å². The Kier molecular flexibility index (Phi) is 13.0. The molecule has 3 nitrogen and oxygen atoms in total. The summed E-state index contributed by atoms with van der Waals surface area (Å²) in [6, 6.07) is 0. The fourth-order valence-corrected chi connectivity index (χ4v) is 1.76. The van der Waals surface area contributed by atoms with Crippen LogP contribution >= 0.6 is 0 Å². The van der Waals surface area contributed by atoms with Gasteiger partial charge in [0, 0.05) is 0 Å². The fourth-order valence-electron chi connectivity index (χ4n) is 1.76. The van der Waals surface area contributed by atoms with Gasteiger partial charge in [0.25, 0.3) is 0 Å². The van der Waals surface area contributed by atoms with Crippen LogP contribution in [0.3, 0.4) is 0 Å². The predicted molar refractivity (Wildman–Crippen MR) is 69.9 cm³/mol. The number of carbonyl (C=O) groups is 1. The smallest absolute Gasteiger partial charge is 0.308 e. The molecule has 1 N–H and O–H groups in total. The van der Waals surface area contributed by atoms with Crippen LogP contribution in [-0.4, -0.2) is 24.3 Å². The van der Waals surface area contributed by atoms with Crippen LogP contribution in [0, 0.1) is 0 Å². The van der Waals surface area contributed by atoms with Crippen molar-refractivity contribution >= 4 is 5.97 Å². The molecule has 0 saturated carbocycles. The minimum Gasteiger partial charge on any atom is -0.466 e. The number of carbonyl (C=O) groups excluding carboxylic acids is 1. The number of aliphatic hydroxyl groups excluding tert-OH is 1. The monoisotopic (exact) mass is 244 g/mol. The quantitative estimate of drug-likeness (QED) is 0.422. The lowest BCUT2D eigenvalue weighted by Gasteiger charge is -2.04. The highest BCUT2D eigenvalue weighted by Gasteiger charge is 2.00. The average Bonchev–Trinajstić information content (AvgIpc) is 2.32. The van der Waals surface area contributed by atoms with E-state index in [1.54, 1.807) is 0 Å². The van der Waals surface area contributed by atoms with Crippen molar-refractivity contribution in [2.75, 3.05) is 13.2 Å². The van der Waals surface area contributed by atoms with Crippen LogP contribution in [0.15, 0.2) is 0 Å². The Morgan fingerprint density at radius 2 is 1.47 bits per heavy atom. The molecule has 0 amide bonds. The van der Waals surface area contributed by atoms with Crippen molar-refractivity contribution in [3.05, 3.63) is 0 Å². The van der Waals surface area contributed by atoms with E-state index in [9.17, 15) is 4.79 Å². The predicted octanol–water partition coefficient (Wildman–Crippen LogP) is 3.44. The van der Waals surface area contributed by atoms with E-state index < -0.39 is 0 Å². The number of rotatable bonds is 12. The third-order valence-electron chi connectivity index (χ3n) is 2.83. The maximum Gasteiger partial charge on any atom is 0.308 e. The van der Waals surface area contributed by atoms with Crippen molar-refractivity contribution < 1.29 is 14.6 Å². The first kappa shape index (κ1) is 16.4. The summed E-state index contributed by atoms with van der Waals surface area (Å²) in [4.78, 5) is 10.9. The van der Waals surface area contributed by atoms with Crippen LogP contribution in [-0.2, 0) is 9.53 Å². The number of esters is 1. The Morgan fingerprint density at radius 3 is 2.00 bits per heavy atom. The van der Waals surface area contributed by atoms with E-state index in [2.05, 4.69) is 6.92 Å². The van der Waals surface area contributed by atoms with Crippen molar-refractivity contribution in [3.8, 4) is 0 Å². The summed E-state index contributed by atoms with van der Waals surface area (Å²) in [5, 5.41) is 8.50. The molecule has 0 spiro atoms. The molecule has 0 heterocycles. The van der Waals surface area contributed by atoms with Gasteiger partial charge in [-0.15, -0.1) is 0 Å². The van der Waals surface area contributed by atoms with E-state index in [0.717, 1.165) is 12.8 Å². The Balaban J connectivity index is 3.01. The molecule has 0 aliphatic rings. The first-order chi connectivity index (χ1) is 8.31. The maximum atomic E-state index is 10.9. The van der Waals surface area contributed by atoms with Crippen LogP contribution in [0.2, 0.25) is 0 Å². The van der Waals surface area contributed by atoms with E-state index in [1.807, 2.05) is 0 Å². The molecule has 0 aromatic rings. The second kappa shape index (κ2) is 13.5. The van der Waals surface area contributed by atoms with Gasteiger partial charge in [-0.3, -0.25) is 4.79 Å². The van der Waals surface area contributed by atoms with Crippen molar-refractivity contribution in [1.82, 2.24) is 0 Å². The Hall–Kier alpha value is -0.570. The van der Waals surface area contributed by atoms with Gasteiger partial charge in [-0.05, 0) is 6.42 Å². The highest BCUT2D eigenvalue weighted by molar-refractivity contribution is 5.69. The average molecular weight is 244 g/mol. The van der Waals surface area contributed by atoms with Gasteiger partial charge in [0.1, 0.15) is 0 Å². The first-order valence-electron chi connectivity index (χ1n) is 7.07. The number of aliphatic hydroxyl groups is 1. The van der Waals surface area contributed by atoms with Crippen molar-refractivity contribution in [2.45, 2.75) is 71.1 Å². The van der Waals surface area contributed by atoms with E-state index in [4.69, 9.17) is 9.84 Å². The fraction of sp³-hybridized carbons (Fsp3) is 0.929. The van der Waals surface area contributed by atoms with Crippen molar-refractivity contribution in [1.29, 1.82) is 0 Å². The highest BCUT2D eigenvalue weighted by Crippen LogP contribution is 2.09. The second-order valence-electron chi connectivity index (χ2n) is 4.52. The minimum atomic E-state index is -0.285. The van der Waals surface area contributed by atoms with E-state index in [-0.39, 0.29) is 19.0 Å². The number of unbranched alkanes of at least 4 members (excludes halogenated alkanes) is 8. The molecule has 0 saturated heterocycles. The molecule has 17 heavy (non-hydrogen) atoms. The molecule has 0 rings (SSSR count). The number of hydrogen-bond donors (Lipinski definition) is 1. The molecule has 0 aliphatic carbocycles. The standard InChI is InChI=1S/C14H28O3/c1-2-3-4-5-6-7-8-9-10-13-17-14(16)11-12-15/h15H,2-13H2,1H3. The van der Waals surface area contributed by atoms with Gasteiger partial charge in [-0.25, -0.2) is 0 Å². The lowest BCUT2D eigenvalue weighted by Crippen LogP contribution is -2.07. The Bertz CT molecular complexity index is 169. The SMILES string of the molecule is CCCCCCCCCCCOC(=O)CCO. The molecule has 0 aliphatic heterocycles. The second-order valence-corrected chi connectivity index (χ2v) is 4.52. The van der Waals surface area contributed by atoms with E-state index >= 15 is 0 Å². The lowest BCUT2D eigenvalue weighted by molar-refractivity contribution is -0.144. The molecule has 0 aromatic heterocycles. The summed E-state index contributed by atoms with van der Waals surface area (Å²) in [6.45, 7) is 2.63. The van der Waals surface area contributed by atoms with E-state index in [0.29, 0.717) is 6.61 Å². The van der Waals surface area contributed by atoms with Gasteiger partial charge in [0.2, 0.25) is 0 Å². The Morgan fingerprint density at radius 1 is 0.941 bits per heavy atom. The largest absolute Gasteiger partial charge is 0.466 e. The highest BCUT2D eigenvalue weighted by atomic mass is 16.5. The molecule has 0 aromatic carbocycles. The maximum absolute atomic E-state index is 10.9. The molecule has 0 unspecified atom stereocenters.